The largest absolute Gasteiger partial charge is 0.347 e. The fraction of sp³-hybridized carbons (Fsp3) is 0.857. The second-order valence-electron chi connectivity index (χ2n) is 5.83. The number of rotatable bonds is 5. The van der Waals surface area contributed by atoms with Gasteiger partial charge in [-0.3, -0.25) is 9.59 Å². The van der Waals surface area contributed by atoms with Crippen molar-refractivity contribution in [2.24, 2.45) is 11.7 Å². The predicted octanol–water partition coefficient (Wildman–Crippen LogP) is 0.831. The first-order valence-corrected chi connectivity index (χ1v) is 7.12. The number of hydrogen-bond donors (Lipinski definition) is 1. The number of likely N-dealkylation sites (N-methyl/N-ethyl adjacent to an activating group) is 2. The molecule has 1 saturated carbocycles. The topological polar surface area (TPSA) is 66.6 Å². The quantitative estimate of drug-likeness (QED) is 0.804. The number of nitrogens with two attached hydrogens (primary N) is 1. The highest BCUT2D eigenvalue weighted by atomic mass is 16.2. The van der Waals surface area contributed by atoms with Crippen LogP contribution in [0.3, 0.4) is 0 Å². The Bertz CT molecular complexity index is 312. The van der Waals surface area contributed by atoms with Crippen molar-refractivity contribution in [3.63, 3.8) is 0 Å². The van der Waals surface area contributed by atoms with Gasteiger partial charge in [-0.05, 0) is 12.3 Å². The molecule has 2 N–H and O–H groups in total. The van der Waals surface area contributed by atoms with E-state index >= 15 is 0 Å². The van der Waals surface area contributed by atoms with Crippen LogP contribution in [0.25, 0.3) is 0 Å². The molecule has 1 aliphatic rings. The average molecular weight is 269 g/mol. The van der Waals surface area contributed by atoms with Gasteiger partial charge in [-0.1, -0.05) is 32.1 Å². The van der Waals surface area contributed by atoms with Crippen molar-refractivity contribution in [2.75, 3.05) is 27.7 Å². The molecule has 0 aromatic rings. The van der Waals surface area contributed by atoms with Crippen molar-refractivity contribution in [1.82, 2.24) is 9.80 Å². The molecule has 0 spiro atoms. The Balaban J connectivity index is 2.39. The lowest BCUT2D eigenvalue weighted by Crippen LogP contribution is -2.46. The molecule has 1 fully saturated rings. The summed E-state index contributed by atoms with van der Waals surface area (Å²) in [7, 11) is 5.01. The van der Waals surface area contributed by atoms with E-state index < -0.39 is 6.04 Å². The molecule has 0 radical (unpaired) electrons. The number of amides is 2. The molecule has 110 valence electrons. The summed E-state index contributed by atoms with van der Waals surface area (Å²) in [5, 5.41) is 0. The molecule has 1 aliphatic carbocycles. The molecule has 1 rings (SSSR count). The zero-order valence-corrected chi connectivity index (χ0v) is 12.4. The van der Waals surface area contributed by atoms with E-state index in [1.165, 1.54) is 41.9 Å². The van der Waals surface area contributed by atoms with Crippen LogP contribution in [0, 0.1) is 5.92 Å². The fourth-order valence-corrected chi connectivity index (χ4v) is 2.59. The van der Waals surface area contributed by atoms with Gasteiger partial charge >= 0.3 is 0 Å². The van der Waals surface area contributed by atoms with Crippen molar-refractivity contribution >= 4 is 11.8 Å². The number of carbonyl (C=O) groups is 2. The van der Waals surface area contributed by atoms with E-state index in [1.54, 1.807) is 21.1 Å². The van der Waals surface area contributed by atoms with E-state index in [-0.39, 0.29) is 18.4 Å². The Hall–Kier alpha value is -1.10. The Morgan fingerprint density at radius 3 is 2.26 bits per heavy atom. The van der Waals surface area contributed by atoms with Crippen LogP contribution in [0.4, 0.5) is 0 Å². The summed E-state index contributed by atoms with van der Waals surface area (Å²) in [5.41, 5.74) is 5.98. The van der Waals surface area contributed by atoms with E-state index in [0.29, 0.717) is 5.92 Å². The summed E-state index contributed by atoms with van der Waals surface area (Å²) in [6.45, 7) is 0.101. The zero-order chi connectivity index (χ0) is 14.4. The number of nitrogens with zero attached hydrogens (tertiary/aromatic N) is 2. The third-order valence-corrected chi connectivity index (χ3v) is 3.88. The van der Waals surface area contributed by atoms with E-state index in [4.69, 9.17) is 5.73 Å². The van der Waals surface area contributed by atoms with E-state index in [9.17, 15) is 9.59 Å². The van der Waals surface area contributed by atoms with Crippen LogP contribution in [0.15, 0.2) is 0 Å². The van der Waals surface area contributed by atoms with Gasteiger partial charge in [0, 0.05) is 21.1 Å². The minimum absolute atomic E-state index is 0.0827. The van der Waals surface area contributed by atoms with Crippen LogP contribution in [0.2, 0.25) is 0 Å². The molecule has 0 heterocycles. The molecule has 2 amide bonds. The standard InChI is InChI=1S/C14H27N3O2/c1-16(2)13(18)10-17(3)14(19)12(15)9-11-7-5-4-6-8-11/h11-12H,4-10,15H2,1-3H3. The summed E-state index contributed by atoms with van der Waals surface area (Å²) in [6.07, 6.45) is 6.92. The number of hydrogen-bond acceptors (Lipinski definition) is 3. The summed E-state index contributed by atoms with van der Waals surface area (Å²) in [4.78, 5) is 26.6. The Kier molecular flexibility index (Phi) is 6.28. The van der Waals surface area contributed by atoms with Gasteiger partial charge in [-0.2, -0.15) is 0 Å². The zero-order valence-electron chi connectivity index (χ0n) is 12.4. The van der Waals surface area contributed by atoms with Gasteiger partial charge in [-0.15, -0.1) is 0 Å². The maximum atomic E-state index is 12.1. The lowest BCUT2D eigenvalue weighted by Gasteiger charge is -2.27. The monoisotopic (exact) mass is 269 g/mol. The van der Waals surface area contributed by atoms with Crippen LogP contribution in [0.1, 0.15) is 38.5 Å². The Morgan fingerprint density at radius 2 is 1.74 bits per heavy atom. The normalized spacial score (nSPS) is 17.9. The first-order chi connectivity index (χ1) is 8.91. The molecular weight excluding hydrogens is 242 g/mol. The molecule has 0 aromatic heterocycles. The van der Waals surface area contributed by atoms with Gasteiger partial charge in [0.15, 0.2) is 0 Å². The average Bonchev–Trinajstić information content (AvgIpc) is 2.38. The van der Waals surface area contributed by atoms with Gasteiger partial charge < -0.3 is 15.5 Å². The van der Waals surface area contributed by atoms with Crippen LogP contribution in [-0.4, -0.2) is 55.3 Å². The molecule has 0 bridgehead atoms. The highest BCUT2D eigenvalue weighted by Gasteiger charge is 2.24. The smallest absolute Gasteiger partial charge is 0.241 e. The maximum Gasteiger partial charge on any atom is 0.241 e. The summed E-state index contributed by atoms with van der Waals surface area (Å²) >= 11 is 0. The number of carbonyl (C=O) groups excluding carboxylic acids is 2. The lowest BCUT2D eigenvalue weighted by molar-refractivity contribution is -0.139. The minimum atomic E-state index is -0.469. The highest BCUT2D eigenvalue weighted by molar-refractivity contribution is 5.87. The molecule has 5 nitrogen and oxygen atoms in total. The molecule has 1 unspecified atom stereocenters. The third-order valence-electron chi connectivity index (χ3n) is 3.88. The van der Waals surface area contributed by atoms with Gasteiger partial charge in [0.2, 0.25) is 11.8 Å². The second-order valence-corrected chi connectivity index (χ2v) is 5.83. The third kappa shape index (κ3) is 5.19. The maximum absolute atomic E-state index is 12.1. The van der Waals surface area contributed by atoms with Crippen molar-refractivity contribution < 1.29 is 9.59 Å². The molecule has 0 aromatic carbocycles. The summed E-state index contributed by atoms with van der Waals surface area (Å²) in [6, 6.07) is -0.469. The van der Waals surface area contributed by atoms with Crippen molar-refractivity contribution in [3.05, 3.63) is 0 Å². The summed E-state index contributed by atoms with van der Waals surface area (Å²) < 4.78 is 0. The first-order valence-electron chi connectivity index (χ1n) is 7.12. The summed E-state index contributed by atoms with van der Waals surface area (Å²) in [5.74, 6) is 0.368. The van der Waals surface area contributed by atoms with Crippen LogP contribution >= 0.6 is 0 Å². The van der Waals surface area contributed by atoms with Crippen molar-refractivity contribution in [1.29, 1.82) is 0 Å². The SMILES string of the molecule is CN(C)C(=O)CN(C)C(=O)C(N)CC1CCCCC1. The second kappa shape index (κ2) is 7.48. The van der Waals surface area contributed by atoms with Crippen molar-refractivity contribution in [2.45, 2.75) is 44.6 Å². The molecule has 5 heteroatoms. The van der Waals surface area contributed by atoms with Gasteiger partial charge in [0.05, 0.1) is 12.6 Å². The van der Waals surface area contributed by atoms with Gasteiger partial charge in [0.25, 0.3) is 0 Å². The Labute approximate surface area is 116 Å². The van der Waals surface area contributed by atoms with Gasteiger partial charge in [-0.25, -0.2) is 0 Å². The molecule has 1 atom stereocenters. The van der Waals surface area contributed by atoms with E-state index in [2.05, 4.69) is 0 Å². The Morgan fingerprint density at radius 1 is 1.16 bits per heavy atom. The van der Waals surface area contributed by atoms with E-state index in [0.717, 1.165) is 6.42 Å². The fourth-order valence-electron chi connectivity index (χ4n) is 2.59. The molecule has 0 saturated heterocycles. The molecule has 0 aliphatic heterocycles. The lowest BCUT2D eigenvalue weighted by atomic mass is 9.85. The van der Waals surface area contributed by atoms with Crippen LogP contribution in [0.5, 0.6) is 0 Å². The van der Waals surface area contributed by atoms with Crippen molar-refractivity contribution in [3.8, 4) is 0 Å². The van der Waals surface area contributed by atoms with Crippen LogP contribution in [-0.2, 0) is 9.59 Å². The minimum Gasteiger partial charge on any atom is -0.347 e. The predicted molar refractivity (Wildman–Crippen MR) is 75.5 cm³/mol. The molecular formula is C14H27N3O2. The first kappa shape index (κ1) is 16.0. The van der Waals surface area contributed by atoms with E-state index in [1.807, 2.05) is 0 Å². The highest BCUT2D eigenvalue weighted by Crippen LogP contribution is 2.27. The van der Waals surface area contributed by atoms with Gasteiger partial charge in [0.1, 0.15) is 0 Å². The van der Waals surface area contributed by atoms with Crippen LogP contribution < -0.4 is 5.73 Å². The molecule has 19 heavy (non-hydrogen) atoms.